The minimum atomic E-state index is -3.56. The van der Waals surface area contributed by atoms with E-state index in [9.17, 15) is 8.42 Å². The molecule has 0 aliphatic heterocycles. The van der Waals surface area contributed by atoms with Crippen LogP contribution in [-0.2, 0) is 16.6 Å². The van der Waals surface area contributed by atoms with Crippen LogP contribution in [0.5, 0.6) is 0 Å². The Bertz CT molecular complexity index is 898. The van der Waals surface area contributed by atoms with E-state index in [0.717, 1.165) is 39.2 Å². The number of rotatable bonds is 6. The molecule has 2 rings (SSSR count). The topological polar surface area (TPSA) is 64.0 Å². The quantitative estimate of drug-likeness (QED) is 0.835. The largest absolute Gasteiger partial charge is 0.269 e. The molecule has 0 saturated heterocycles. The molecule has 1 N–H and O–H groups in total. The Morgan fingerprint density at radius 1 is 0.962 bits per heavy atom. The fourth-order valence-corrected chi connectivity index (χ4v) is 5.17. The SMILES string of the molecule is Cc1cc(C)n(C[C@H](C)CNS(=O)(=O)c2c(C)c(C)c(C)c(C)c2C)n1. The third-order valence-electron chi connectivity index (χ3n) is 5.41. The van der Waals surface area contributed by atoms with E-state index in [-0.39, 0.29) is 5.92 Å². The first kappa shape index (κ1) is 20.6. The first-order valence-corrected chi connectivity index (χ1v) is 10.5. The number of nitrogens with zero attached hydrogens (tertiary/aromatic N) is 2. The molecule has 0 fully saturated rings. The van der Waals surface area contributed by atoms with Gasteiger partial charge in [-0.15, -0.1) is 0 Å². The average molecular weight is 378 g/mol. The van der Waals surface area contributed by atoms with Crippen molar-refractivity contribution in [1.29, 1.82) is 0 Å². The van der Waals surface area contributed by atoms with E-state index in [1.165, 1.54) is 0 Å². The average Bonchev–Trinajstić information content (AvgIpc) is 2.86. The van der Waals surface area contributed by atoms with Crippen molar-refractivity contribution in [3.8, 4) is 0 Å². The third-order valence-corrected chi connectivity index (χ3v) is 7.11. The zero-order chi connectivity index (χ0) is 19.8. The van der Waals surface area contributed by atoms with Crippen LogP contribution in [0.3, 0.4) is 0 Å². The van der Waals surface area contributed by atoms with Crippen LogP contribution < -0.4 is 4.72 Å². The molecule has 0 bridgehead atoms. The summed E-state index contributed by atoms with van der Waals surface area (Å²) in [6.45, 7) is 16.9. The first-order valence-electron chi connectivity index (χ1n) is 9.03. The van der Waals surface area contributed by atoms with Crippen molar-refractivity contribution < 1.29 is 8.42 Å². The number of aromatic nitrogens is 2. The summed E-state index contributed by atoms with van der Waals surface area (Å²) in [5, 5.41) is 4.45. The van der Waals surface area contributed by atoms with Gasteiger partial charge in [0.1, 0.15) is 0 Å². The van der Waals surface area contributed by atoms with Gasteiger partial charge in [0, 0.05) is 18.8 Å². The molecule has 0 spiro atoms. The highest BCUT2D eigenvalue weighted by Crippen LogP contribution is 2.29. The number of hydrogen-bond donors (Lipinski definition) is 1. The predicted octanol–water partition coefficient (Wildman–Crippen LogP) is 3.66. The second kappa shape index (κ2) is 7.53. The lowest BCUT2D eigenvalue weighted by Gasteiger charge is -2.20. The maximum Gasteiger partial charge on any atom is 0.241 e. The Kier molecular flexibility index (Phi) is 5.98. The van der Waals surface area contributed by atoms with E-state index in [1.807, 2.05) is 66.1 Å². The van der Waals surface area contributed by atoms with Gasteiger partial charge in [0.15, 0.2) is 0 Å². The molecule has 1 atom stereocenters. The number of nitrogens with one attached hydrogen (secondary N) is 1. The van der Waals surface area contributed by atoms with Gasteiger partial charge < -0.3 is 0 Å². The molecule has 1 aromatic heterocycles. The molecular formula is C20H31N3O2S. The van der Waals surface area contributed by atoms with E-state index < -0.39 is 10.0 Å². The smallest absolute Gasteiger partial charge is 0.241 e. The van der Waals surface area contributed by atoms with Crippen molar-refractivity contribution in [1.82, 2.24) is 14.5 Å². The Balaban J connectivity index is 2.21. The summed E-state index contributed by atoms with van der Waals surface area (Å²) in [6, 6.07) is 2.03. The van der Waals surface area contributed by atoms with Crippen LogP contribution in [-0.4, -0.2) is 24.7 Å². The highest BCUT2D eigenvalue weighted by atomic mass is 32.2. The van der Waals surface area contributed by atoms with E-state index in [4.69, 9.17) is 0 Å². The molecule has 0 saturated carbocycles. The second-order valence-corrected chi connectivity index (χ2v) is 9.22. The Morgan fingerprint density at radius 2 is 1.46 bits per heavy atom. The van der Waals surface area contributed by atoms with Crippen molar-refractivity contribution in [2.75, 3.05) is 6.54 Å². The normalized spacial score (nSPS) is 13.2. The van der Waals surface area contributed by atoms with Crippen LogP contribution >= 0.6 is 0 Å². The zero-order valence-corrected chi connectivity index (χ0v) is 18.0. The number of aryl methyl sites for hydroxylation is 2. The molecule has 0 amide bonds. The summed E-state index contributed by atoms with van der Waals surface area (Å²) >= 11 is 0. The molecule has 26 heavy (non-hydrogen) atoms. The highest BCUT2D eigenvalue weighted by molar-refractivity contribution is 7.89. The predicted molar refractivity (Wildman–Crippen MR) is 106 cm³/mol. The Hall–Kier alpha value is -1.66. The van der Waals surface area contributed by atoms with Crippen LogP contribution in [0.1, 0.15) is 46.1 Å². The second-order valence-electron chi connectivity index (χ2n) is 7.52. The molecule has 0 aliphatic rings. The highest BCUT2D eigenvalue weighted by Gasteiger charge is 2.24. The first-order chi connectivity index (χ1) is 12.0. The Morgan fingerprint density at radius 3 is 1.92 bits per heavy atom. The van der Waals surface area contributed by atoms with Gasteiger partial charge in [-0.2, -0.15) is 5.10 Å². The van der Waals surface area contributed by atoms with Gasteiger partial charge in [-0.3, -0.25) is 4.68 Å². The molecule has 0 radical (unpaired) electrons. The van der Waals surface area contributed by atoms with Gasteiger partial charge >= 0.3 is 0 Å². The van der Waals surface area contributed by atoms with Crippen LogP contribution in [0.25, 0.3) is 0 Å². The van der Waals surface area contributed by atoms with Gasteiger partial charge in [0.25, 0.3) is 0 Å². The van der Waals surface area contributed by atoms with Crippen molar-refractivity contribution in [3.63, 3.8) is 0 Å². The lowest BCUT2D eigenvalue weighted by Crippen LogP contribution is -2.31. The van der Waals surface area contributed by atoms with E-state index in [0.29, 0.717) is 18.0 Å². The summed E-state index contributed by atoms with van der Waals surface area (Å²) in [5.41, 5.74) is 7.00. The van der Waals surface area contributed by atoms with Crippen LogP contribution in [0.4, 0.5) is 0 Å². The summed E-state index contributed by atoms with van der Waals surface area (Å²) < 4.78 is 30.7. The van der Waals surface area contributed by atoms with Crippen LogP contribution in [0, 0.1) is 54.4 Å². The molecule has 0 aliphatic carbocycles. The summed E-state index contributed by atoms with van der Waals surface area (Å²) in [7, 11) is -3.56. The third kappa shape index (κ3) is 4.01. The van der Waals surface area contributed by atoms with Gasteiger partial charge in [-0.25, -0.2) is 13.1 Å². The lowest BCUT2D eigenvalue weighted by atomic mass is 9.95. The van der Waals surface area contributed by atoms with E-state index in [1.54, 1.807) is 0 Å². The maximum absolute atomic E-state index is 13.0. The van der Waals surface area contributed by atoms with Gasteiger partial charge in [0.05, 0.1) is 10.6 Å². The summed E-state index contributed by atoms with van der Waals surface area (Å²) in [6.07, 6.45) is 0. The minimum absolute atomic E-state index is 0.135. The van der Waals surface area contributed by atoms with Crippen molar-refractivity contribution in [2.45, 2.75) is 66.8 Å². The number of hydrogen-bond acceptors (Lipinski definition) is 3. The minimum Gasteiger partial charge on any atom is -0.269 e. The molecule has 144 valence electrons. The van der Waals surface area contributed by atoms with E-state index in [2.05, 4.69) is 9.82 Å². The van der Waals surface area contributed by atoms with Gasteiger partial charge in [-0.1, -0.05) is 6.92 Å². The van der Waals surface area contributed by atoms with E-state index >= 15 is 0 Å². The molecular weight excluding hydrogens is 346 g/mol. The maximum atomic E-state index is 13.0. The van der Waals surface area contributed by atoms with Crippen molar-refractivity contribution in [2.24, 2.45) is 5.92 Å². The zero-order valence-electron chi connectivity index (χ0n) is 17.2. The van der Waals surface area contributed by atoms with Gasteiger partial charge in [-0.05, 0) is 88.3 Å². The molecule has 1 heterocycles. The van der Waals surface area contributed by atoms with Crippen LogP contribution in [0.15, 0.2) is 11.0 Å². The summed E-state index contributed by atoms with van der Waals surface area (Å²) in [4.78, 5) is 0.427. The number of sulfonamides is 1. The molecule has 1 aromatic carbocycles. The molecule has 2 aromatic rings. The Labute approximate surface area is 157 Å². The monoisotopic (exact) mass is 377 g/mol. The lowest BCUT2D eigenvalue weighted by molar-refractivity contribution is 0.436. The fourth-order valence-electron chi connectivity index (χ4n) is 3.41. The van der Waals surface area contributed by atoms with Crippen molar-refractivity contribution >= 4 is 10.0 Å². The molecule has 5 nitrogen and oxygen atoms in total. The van der Waals surface area contributed by atoms with Crippen LogP contribution in [0.2, 0.25) is 0 Å². The fraction of sp³-hybridized carbons (Fsp3) is 0.550. The van der Waals surface area contributed by atoms with Crippen molar-refractivity contribution in [3.05, 3.63) is 45.3 Å². The summed E-state index contributed by atoms with van der Waals surface area (Å²) in [5.74, 6) is 0.135. The standard InChI is InChI=1S/C20H31N3O2S/c1-12(11-23-14(3)9-13(2)22-23)10-21-26(24,25)20-18(7)16(5)15(4)17(6)19(20)8/h9,12,21H,10-11H2,1-8H3/t12-/m1/s1. The van der Waals surface area contributed by atoms with Gasteiger partial charge in [0.2, 0.25) is 10.0 Å². The number of benzene rings is 1. The molecule has 6 heteroatoms. The molecule has 0 unspecified atom stereocenters.